The lowest BCUT2D eigenvalue weighted by Crippen LogP contribution is -2.28. The Morgan fingerprint density at radius 3 is 2.88 bits per heavy atom. The van der Waals surface area contributed by atoms with E-state index < -0.39 is 5.82 Å². The molecule has 1 N–H and O–H groups in total. The fourth-order valence-corrected chi connectivity index (χ4v) is 1.66. The topological polar surface area (TPSA) is 40.5 Å². The van der Waals surface area contributed by atoms with Crippen molar-refractivity contribution < 1.29 is 14.3 Å². The van der Waals surface area contributed by atoms with Crippen LogP contribution in [0.25, 0.3) is 0 Å². The molecule has 0 aromatic heterocycles. The molecule has 1 aromatic rings. The van der Waals surface area contributed by atoms with E-state index in [0.29, 0.717) is 12.5 Å². The lowest BCUT2D eigenvalue weighted by atomic mass is 10.1. The Kier molecular flexibility index (Phi) is 2.81. The Morgan fingerprint density at radius 2 is 2.25 bits per heavy atom. The molecule has 0 radical (unpaired) electrons. The van der Waals surface area contributed by atoms with Crippen LogP contribution in [-0.2, 0) is 0 Å². The maximum absolute atomic E-state index is 13.0. The number of phenols is 1. The molecule has 0 bridgehead atoms. The molecule has 0 unspecified atom stereocenters. The molecule has 1 aliphatic rings. The van der Waals surface area contributed by atoms with E-state index in [0.717, 1.165) is 25.0 Å². The monoisotopic (exact) mass is 223 g/mol. The Hall–Kier alpha value is -1.58. The number of phenolic OH excluding ortho intramolecular Hbond substituents is 1. The van der Waals surface area contributed by atoms with Crippen LogP contribution < -0.4 is 0 Å². The lowest BCUT2D eigenvalue weighted by Gasteiger charge is -2.17. The third-order valence-corrected chi connectivity index (χ3v) is 2.76. The Bertz CT molecular complexity index is 415. The first kappa shape index (κ1) is 10.9. The zero-order valence-electron chi connectivity index (χ0n) is 9.11. The van der Waals surface area contributed by atoms with Gasteiger partial charge in [0.25, 0.3) is 5.91 Å². The SMILES string of the molecule is CN(CC1CC1)C(=O)c1cc(F)ccc1O. The fourth-order valence-electron chi connectivity index (χ4n) is 1.66. The predicted molar refractivity (Wildman–Crippen MR) is 57.7 cm³/mol. The number of rotatable bonds is 3. The smallest absolute Gasteiger partial charge is 0.257 e. The molecule has 1 fully saturated rings. The van der Waals surface area contributed by atoms with Crippen LogP contribution in [0.4, 0.5) is 4.39 Å². The van der Waals surface area contributed by atoms with E-state index >= 15 is 0 Å². The Balaban J connectivity index is 2.14. The number of carbonyl (C=O) groups excluding carboxylic acids is 1. The first-order chi connectivity index (χ1) is 7.58. The van der Waals surface area contributed by atoms with Crippen molar-refractivity contribution in [3.8, 4) is 5.75 Å². The summed E-state index contributed by atoms with van der Waals surface area (Å²) in [5.74, 6) is -0.441. The molecule has 0 heterocycles. The first-order valence-electron chi connectivity index (χ1n) is 5.32. The van der Waals surface area contributed by atoms with E-state index in [1.807, 2.05) is 0 Å². The molecular weight excluding hydrogens is 209 g/mol. The molecule has 1 saturated carbocycles. The molecule has 0 saturated heterocycles. The van der Waals surface area contributed by atoms with Crippen LogP contribution in [0.15, 0.2) is 18.2 Å². The Morgan fingerprint density at radius 1 is 1.56 bits per heavy atom. The van der Waals surface area contributed by atoms with Gasteiger partial charge in [0.2, 0.25) is 0 Å². The highest BCUT2D eigenvalue weighted by Crippen LogP contribution is 2.30. The van der Waals surface area contributed by atoms with Gasteiger partial charge in [-0.3, -0.25) is 4.79 Å². The van der Waals surface area contributed by atoms with Gasteiger partial charge in [-0.15, -0.1) is 0 Å². The van der Waals surface area contributed by atoms with Crippen LogP contribution in [-0.4, -0.2) is 29.5 Å². The minimum atomic E-state index is -0.513. The molecule has 1 aliphatic carbocycles. The minimum Gasteiger partial charge on any atom is -0.507 e. The van der Waals surface area contributed by atoms with Crippen LogP contribution >= 0.6 is 0 Å². The highest BCUT2D eigenvalue weighted by molar-refractivity contribution is 5.96. The van der Waals surface area contributed by atoms with E-state index in [1.54, 1.807) is 7.05 Å². The zero-order valence-corrected chi connectivity index (χ0v) is 9.11. The Labute approximate surface area is 93.5 Å². The summed E-state index contributed by atoms with van der Waals surface area (Å²) in [6.45, 7) is 0.675. The summed E-state index contributed by atoms with van der Waals surface area (Å²) in [6.07, 6.45) is 2.29. The molecule has 86 valence electrons. The number of aromatic hydroxyl groups is 1. The van der Waals surface area contributed by atoms with Gasteiger partial charge < -0.3 is 10.0 Å². The van der Waals surface area contributed by atoms with Crippen LogP contribution in [0.1, 0.15) is 23.2 Å². The highest BCUT2D eigenvalue weighted by Gasteiger charge is 2.26. The molecule has 0 aliphatic heterocycles. The number of halogens is 1. The number of amides is 1. The molecule has 3 nitrogen and oxygen atoms in total. The van der Waals surface area contributed by atoms with E-state index in [2.05, 4.69) is 0 Å². The van der Waals surface area contributed by atoms with E-state index in [-0.39, 0.29) is 17.2 Å². The summed E-state index contributed by atoms with van der Waals surface area (Å²) < 4.78 is 13.0. The van der Waals surface area contributed by atoms with Gasteiger partial charge in [-0.05, 0) is 37.0 Å². The van der Waals surface area contributed by atoms with Gasteiger partial charge in [-0.2, -0.15) is 0 Å². The fraction of sp³-hybridized carbons (Fsp3) is 0.417. The second-order valence-corrected chi connectivity index (χ2v) is 4.29. The van der Waals surface area contributed by atoms with Gasteiger partial charge in [-0.1, -0.05) is 0 Å². The summed E-state index contributed by atoms with van der Waals surface area (Å²) in [7, 11) is 1.67. The van der Waals surface area contributed by atoms with Gasteiger partial charge in [0.05, 0.1) is 5.56 Å². The largest absolute Gasteiger partial charge is 0.507 e. The van der Waals surface area contributed by atoms with E-state index in [1.165, 1.54) is 11.0 Å². The van der Waals surface area contributed by atoms with Gasteiger partial charge >= 0.3 is 0 Å². The lowest BCUT2D eigenvalue weighted by molar-refractivity contribution is 0.0785. The quantitative estimate of drug-likeness (QED) is 0.851. The van der Waals surface area contributed by atoms with E-state index in [4.69, 9.17) is 0 Å². The number of nitrogens with zero attached hydrogens (tertiary/aromatic N) is 1. The molecule has 16 heavy (non-hydrogen) atoms. The van der Waals surface area contributed by atoms with Crippen LogP contribution in [0.5, 0.6) is 5.75 Å². The van der Waals surface area contributed by atoms with Crippen molar-refractivity contribution in [1.82, 2.24) is 4.90 Å². The first-order valence-corrected chi connectivity index (χ1v) is 5.32. The summed E-state index contributed by atoms with van der Waals surface area (Å²) in [5.41, 5.74) is 0.0307. The highest BCUT2D eigenvalue weighted by atomic mass is 19.1. The van der Waals surface area contributed by atoms with Crippen LogP contribution in [0.3, 0.4) is 0 Å². The van der Waals surface area contributed by atoms with Crippen molar-refractivity contribution in [1.29, 1.82) is 0 Å². The third kappa shape index (κ3) is 2.32. The number of carbonyl (C=O) groups is 1. The molecular formula is C12H14FNO2. The van der Waals surface area contributed by atoms with Gasteiger partial charge in [0, 0.05) is 13.6 Å². The summed E-state index contributed by atoms with van der Waals surface area (Å²) in [6, 6.07) is 3.40. The maximum atomic E-state index is 13.0. The van der Waals surface area contributed by atoms with Gasteiger partial charge in [0.1, 0.15) is 11.6 Å². The summed E-state index contributed by atoms with van der Waals surface area (Å²) >= 11 is 0. The number of benzene rings is 1. The summed E-state index contributed by atoms with van der Waals surface area (Å²) in [5, 5.41) is 9.49. The average Bonchev–Trinajstić information content (AvgIpc) is 3.04. The van der Waals surface area contributed by atoms with Crippen LogP contribution in [0, 0.1) is 11.7 Å². The van der Waals surface area contributed by atoms with Crippen molar-refractivity contribution >= 4 is 5.91 Å². The third-order valence-electron chi connectivity index (χ3n) is 2.76. The molecule has 4 heteroatoms. The molecule has 1 aromatic carbocycles. The predicted octanol–water partition coefficient (Wildman–Crippen LogP) is 2.01. The van der Waals surface area contributed by atoms with Crippen LogP contribution in [0.2, 0.25) is 0 Å². The van der Waals surface area contributed by atoms with E-state index in [9.17, 15) is 14.3 Å². The molecule has 0 atom stereocenters. The van der Waals surface area contributed by atoms with Crippen molar-refractivity contribution in [2.24, 2.45) is 5.92 Å². The van der Waals surface area contributed by atoms with Gasteiger partial charge in [-0.25, -0.2) is 4.39 Å². The average molecular weight is 223 g/mol. The number of hydrogen-bond acceptors (Lipinski definition) is 2. The van der Waals surface area contributed by atoms with Crippen molar-refractivity contribution in [2.45, 2.75) is 12.8 Å². The molecule has 0 spiro atoms. The maximum Gasteiger partial charge on any atom is 0.257 e. The second-order valence-electron chi connectivity index (χ2n) is 4.29. The van der Waals surface area contributed by atoms with Crippen molar-refractivity contribution in [3.63, 3.8) is 0 Å². The van der Waals surface area contributed by atoms with Crippen molar-refractivity contribution in [2.75, 3.05) is 13.6 Å². The second kappa shape index (κ2) is 4.12. The van der Waals surface area contributed by atoms with Gasteiger partial charge in [0.15, 0.2) is 0 Å². The normalized spacial score (nSPS) is 14.9. The number of hydrogen-bond donors (Lipinski definition) is 1. The minimum absolute atomic E-state index is 0.0307. The molecule has 1 amide bonds. The standard InChI is InChI=1S/C12H14FNO2/c1-14(7-8-2-3-8)12(16)10-6-9(13)4-5-11(10)15/h4-6,8,15H,2-3,7H2,1H3. The zero-order chi connectivity index (χ0) is 11.7. The summed E-state index contributed by atoms with van der Waals surface area (Å²) in [4.78, 5) is 13.4. The van der Waals surface area contributed by atoms with Crippen molar-refractivity contribution in [3.05, 3.63) is 29.6 Å². The molecule has 2 rings (SSSR count).